The normalized spacial score (nSPS) is 11.2. The zero-order valence-electron chi connectivity index (χ0n) is 14.5. The fourth-order valence-electron chi connectivity index (χ4n) is 3.86. The van der Waals surface area contributed by atoms with E-state index in [2.05, 4.69) is 108 Å². The second kappa shape index (κ2) is 6.20. The molecule has 124 valence electrons. The lowest BCUT2D eigenvalue weighted by molar-refractivity contribution is 1.18. The SMILES string of the molecule is c1ccc(Cc2c(-c3cccc4ccccc34)cn3ccccc23)cc1. The van der Waals surface area contributed by atoms with E-state index in [4.69, 9.17) is 0 Å². The van der Waals surface area contributed by atoms with E-state index in [9.17, 15) is 0 Å². The Morgan fingerprint density at radius 2 is 1.38 bits per heavy atom. The van der Waals surface area contributed by atoms with Gasteiger partial charge in [-0.2, -0.15) is 0 Å². The summed E-state index contributed by atoms with van der Waals surface area (Å²) >= 11 is 0. The van der Waals surface area contributed by atoms with Gasteiger partial charge in [-0.3, -0.25) is 0 Å². The molecule has 0 fully saturated rings. The highest BCUT2D eigenvalue weighted by Crippen LogP contribution is 2.35. The van der Waals surface area contributed by atoms with Gasteiger partial charge >= 0.3 is 0 Å². The molecule has 1 heteroatoms. The molecule has 1 nitrogen and oxygen atoms in total. The summed E-state index contributed by atoms with van der Waals surface area (Å²) in [5.74, 6) is 0. The molecule has 0 radical (unpaired) electrons. The Labute approximate surface area is 153 Å². The summed E-state index contributed by atoms with van der Waals surface area (Å²) in [6.07, 6.45) is 5.34. The lowest BCUT2D eigenvalue weighted by Gasteiger charge is -2.09. The molecule has 26 heavy (non-hydrogen) atoms. The fourth-order valence-corrected chi connectivity index (χ4v) is 3.86. The molecule has 0 N–H and O–H groups in total. The fraction of sp³-hybridized carbons (Fsp3) is 0.0400. The topological polar surface area (TPSA) is 4.41 Å². The van der Waals surface area contributed by atoms with Crippen LogP contribution in [0.1, 0.15) is 11.1 Å². The van der Waals surface area contributed by atoms with Crippen LogP contribution in [0, 0.1) is 0 Å². The van der Waals surface area contributed by atoms with Crippen LogP contribution in [0.4, 0.5) is 0 Å². The van der Waals surface area contributed by atoms with Crippen LogP contribution in [-0.2, 0) is 6.42 Å². The molecule has 0 aliphatic heterocycles. The standard InChI is InChI=1S/C25H19N/c1-2-9-19(10-3-1)17-23-24(18-26-16-7-6-15-25(23)26)22-14-8-12-20-11-4-5-13-21(20)22/h1-16,18H,17H2. The first-order valence-corrected chi connectivity index (χ1v) is 9.01. The molecule has 0 saturated carbocycles. The van der Waals surface area contributed by atoms with Crippen molar-refractivity contribution in [2.24, 2.45) is 0 Å². The maximum Gasteiger partial charge on any atom is 0.0491 e. The highest BCUT2D eigenvalue weighted by molar-refractivity contribution is 5.98. The number of aromatic nitrogens is 1. The van der Waals surface area contributed by atoms with Crippen molar-refractivity contribution in [3.05, 3.63) is 115 Å². The van der Waals surface area contributed by atoms with E-state index in [1.807, 2.05) is 0 Å². The molecule has 0 atom stereocenters. The average molecular weight is 333 g/mol. The van der Waals surface area contributed by atoms with E-state index in [-0.39, 0.29) is 0 Å². The van der Waals surface area contributed by atoms with E-state index in [1.165, 1.54) is 38.5 Å². The average Bonchev–Trinajstić information content (AvgIpc) is 3.07. The van der Waals surface area contributed by atoms with Gasteiger partial charge in [0.05, 0.1) is 0 Å². The second-order valence-corrected chi connectivity index (χ2v) is 6.70. The van der Waals surface area contributed by atoms with Gasteiger partial charge in [-0.05, 0) is 39.6 Å². The Morgan fingerprint density at radius 1 is 0.615 bits per heavy atom. The van der Waals surface area contributed by atoms with E-state index in [0.29, 0.717) is 0 Å². The minimum Gasteiger partial charge on any atom is -0.323 e. The molecule has 5 rings (SSSR count). The predicted molar refractivity (Wildman–Crippen MR) is 110 cm³/mol. The van der Waals surface area contributed by atoms with Crippen molar-refractivity contribution in [3.63, 3.8) is 0 Å². The van der Waals surface area contributed by atoms with Crippen LogP contribution in [0.5, 0.6) is 0 Å². The number of hydrogen-bond acceptors (Lipinski definition) is 0. The van der Waals surface area contributed by atoms with Gasteiger partial charge in [0.1, 0.15) is 0 Å². The van der Waals surface area contributed by atoms with Crippen LogP contribution < -0.4 is 0 Å². The Hall–Kier alpha value is -3.32. The van der Waals surface area contributed by atoms with E-state index < -0.39 is 0 Å². The van der Waals surface area contributed by atoms with E-state index in [1.54, 1.807) is 0 Å². The molecule has 0 aliphatic carbocycles. The summed E-state index contributed by atoms with van der Waals surface area (Å²) in [4.78, 5) is 0. The van der Waals surface area contributed by atoms with Gasteiger partial charge in [0.2, 0.25) is 0 Å². The Morgan fingerprint density at radius 3 is 2.31 bits per heavy atom. The van der Waals surface area contributed by atoms with Crippen molar-refractivity contribution in [3.8, 4) is 11.1 Å². The van der Waals surface area contributed by atoms with E-state index >= 15 is 0 Å². The molecule has 2 aromatic heterocycles. The minimum absolute atomic E-state index is 0.930. The number of benzene rings is 3. The largest absolute Gasteiger partial charge is 0.323 e. The maximum absolute atomic E-state index is 2.27. The quantitative estimate of drug-likeness (QED) is 0.362. The lowest BCUT2D eigenvalue weighted by atomic mass is 9.94. The van der Waals surface area contributed by atoms with Gasteiger partial charge in [-0.25, -0.2) is 0 Å². The Bertz CT molecular complexity index is 1190. The van der Waals surface area contributed by atoms with Gasteiger partial charge in [-0.15, -0.1) is 0 Å². The van der Waals surface area contributed by atoms with Gasteiger partial charge in [0.15, 0.2) is 0 Å². The summed E-state index contributed by atoms with van der Waals surface area (Å²) in [6, 6.07) is 32.4. The zero-order valence-corrected chi connectivity index (χ0v) is 14.5. The number of hydrogen-bond donors (Lipinski definition) is 0. The molecule has 0 unspecified atom stereocenters. The van der Waals surface area contributed by atoms with Crippen LogP contribution in [0.15, 0.2) is 103 Å². The Kier molecular flexibility index (Phi) is 3.57. The van der Waals surface area contributed by atoms with Crippen LogP contribution in [0.3, 0.4) is 0 Å². The first-order chi connectivity index (χ1) is 12.9. The molecule has 2 heterocycles. The van der Waals surface area contributed by atoms with Gasteiger partial charge in [-0.1, -0.05) is 78.9 Å². The van der Waals surface area contributed by atoms with Crippen molar-refractivity contribution in [2.75, 3.05) is 0 Å². The smallest absolute Gasteiger partial charge is 0.0491 e. The highest BCUT2D eigenvalue weighted by atomic mass is 14.9. The second-order valence-electron chi connectivity index (χ2n) is 6.70. The first-order valence-electron chi connectivity index (χ1n) is 9.01. The van der Waals surface area contributed by atoms with Crippen molar-refractivity contribution in [2.45, 2.75) is 6.42 Å². The first kappa shape index (κ1) is 15.0. The monoisotopic (exact) mass is 333 g/mol. The van der Waals surface area contributed by atoms with Crippen molar-refractivity contribution < 1.29 is 0 Å². The predicted octanol–water partition coefficient (Wildman–Crippen LogP) is 6.35. The molecule has 0 bridgehead atoms. The summed E-state index contributed by atoms with van der Waals surface area (Å²) < 4.78 is 2.25. The third-order valence-electron chi connectivity index (χ3n) is 5.10. The molecular formula is C25H19N. The number of pyridine rings is 1. The zero-order chi connectivity index (χ0) is 17.3. The van der Waals surface area contributed by atoms with Gasteiger partial charge in [0, 0.05) is 29.9 Å². The van der Waals surface area contributed by atoms with Crippen molar-refractivity contribution in [1.82, 2.24) is 4.40 Å². The molecule has 0 amide bonds. The third kappa shape index (κ3) is 2.49. The van der Waals surface area contributed by atoms with Crippen LogP contribution in [0.2, 0.25) is 0 Å². The van der Waals surface area contributed by atoms with Gasteiger partial charge < -0.3 is 4.40 Å². The van der Waals surface area contributed by atoms with Crippen LogP contribution >= 0.6 is 0 Å². The summed E-state index contributed by atoms with van der Waals surface area (Å²) in [6.45, 7) is 0. The molecule has 0 saturated heterocycles. The molecular weight excluding hydrogens is 314 g/mol. The van der Waals surface area contributed by atoms with Crippen molar-refractivity contribution >= 4 is 16.3 Å². The minimum atomic E-state index is 0.930. The van der Waals surface area contributed by atoms with E-state index in [0.717, 1.165) is 6.42 Å². The number of rotatable bonds is 3. The molecule has 0 spiro atoms. The molecule has 5 aromatic rings. The number of nitrogens with zero attached hydrogens (tertiary/aromatic N) is 1. The van der Waals surface area contributed by atoms with Crippen LogP contribution in [-0.4, -0.2) is 4.40 Å². The van der Waals surface area contributed by atoms with Gasteiger partial charge in [0.25, 0.3) is 0 Å². The summed E-state index contributed by atoms with van der Waals surface area (Å²) in [5, 5.41) is 2.59. The number of fused-ring (bicyclic) bond motifs is 2. The lowest BCUT2D eigenvalue weighted by Crippen LogP contribution is -1.91. The Balaban J connectivity index is 1.78. The maximum atomic E-state index is 2.27. The molecule has 0 aliphatic rings. The summed E-state index contributed by atoms with van der Waals surface area (Å²) in [5.41, 5.74) is 6.62. The van der Waals surface area contributed by atoms with Crippen molar-refractivity contribution in [1.29, 1.82) is 0 Å². The highest BCUT2D eigenvalue weighted by Gasteiger charge is 2.14. The summed E-state index contributed by atoms with van der Waals surface area (Å²) in [7, 11) is 0. The third-order valence-corrected chi connectivity index (χ3v) is 5.10. The molecule has 3 aromatic carbocycles. The van der Waals surface area contributed by atoms with Crippen LogP contribution in [0.25, 0.3) is 27.4 Å².